The second-order valence-electron chi connectivity index (χ2n) is 16.9. The fourth-order valence-corrected chi connectivity index (χ4v) is 10.0. The molecule has 2 heterocycles. The van der Waals surface area contributed by atoms with Crippen LogP contribution >= 0.6 is 0 Å². The number of aliphatic imine (C=N–C) groups is 2. The zero-order chi connectivity index (χ0) is 41.4. The summed E-state index contributed by atoms with van der Waals surface area (Å²) in [4.78, 5) is 10.5. The summed E-state index contributed by atoms with van der Waals surface area (Å²) < 4.78 is 2.19. The van der Waals surface area contributed by atoms with E-state index in [0.29, 0.717) is 11.8 Å². The van der Waals surface area contributed by atoms with Crippen molar-refractivity contribution in [2.45, 2.75) is 25.4 Å². The Morgan fingerprint density at radius 2 is 1.06 bits per heavy atom. The van der Waals surface area contributed by atoms with Crippen LogP contribution in [0.2, 0.25) is 0 Å². The molecule has 4 heteroatoms. The summed E-state index contributed by atoms with van der Waals surface area (Å²) in [5.41, 5.74) is 16.6. The third-order valence-corrected chi connectivity index (χ3v) is 13.0. The normalized spacial score (nSPS) is 15.2. The van der Waals surface area contributed by atoms with Crippen molar-refractivity contribution in [2.75, 3.05) is 0 Å². The van der Waals surface area contributed by atoms with Crippen LogP contribution < -0.4 is 0 Å². The Morgan fingerprint density at radius 3 is 1.85 bits per heavy atom. The second kappa shape index (κ2) is 14.1. The molecule has 0 amide bonds. The average Bonchev–Trinajstić information content (AvgIpc) is 3.80. The topological polar surface area (TPSA) is 43.8 Å². The zero-order valence-electron chi connectivity index (χ0n) is 34.5. The van der Waals surface area contributed by atoms with Gasteiger partial charge in [0, 0.05) is 16.2 Å². The maximum absolute atomic E-state index is 5.27. The van der Waals surface area contributed by atoms with Gasteiger partial charge in [0.1, 0.15) is 5.96 Å². The standard InChI is InChI=1S/C58H41N4/c1-58(2)51-27-11-8-22-46(51)49-26-15-25-45(54(49)58)38-32-30-37(31-33-38)43-35-40-18-6-7-21-44(40)50(36-43)41-19-14-20-42(34-41)56-59-55(39-16-4-3-5-17-39)60-57(61-56)62-52-28-12-9-23-47(52)48-24-10-13-29-53(48)62/h3-36,55H,1-2H3/q-1. The van der Waals surface area contributed by atoms with E-state index in [-0.39, 0.29) is 5.41 Å². The first-order chi connectivity index (χ1) is 30.5. The fraction of sp³-hybridized carbons (Fsp3) is 0.0690. The van der Waals surface area contributed by atoms with Crippen molar-refractivity contribution < 1.29 is 0 Å². The molecule has 12 rings (SSSR count). The lowest BCUT2D eigenvalue weighted by atomic mass is 9.79. The number of hydrogen-bond donors (Lipinski definition) is 0. The summed E-state index contributed by atoms with van der Waals surface area (Å²) in [5, 5.41) is 9.96. The molecule has 62 heavy (non-hydrogen) atoms. The van der Waals surface area contributed by atoms with E-state index in [1.165, 1.54) is 66.1 Å². The summed E-state index contributed by atoms with van der Waals surface area (Å²) >= 11 is 0. The van der Waals surface area contributed by atoms with E-state index in [9.17, 15) is 0 Å². The van der Waals surface area contributed by atoms with Crippen LogP contribution in [-0.4, -0.2) is 16.4 Å². The van der Waals surface area contributed by atoms with Gasteiger partial charge in [0.15, 0.2) is 0 Å². The molecule has 0 fully saturated rings. The predicted molar refractivity (Wildman–Crippen MR) is 259 cm³/mol. The van der Waals surface area contributed by atoms with E-state index >= 15 is 0 Å². The summed E-state index contributed by atoms with van der Waals surface area (Å²) in [5.74, 6) is 1.28. The minimum absolute atomic E-state index is 0.0820. The summed E-state index contributed by atoms with van der Waals surface area (Å²) in [7, 11) is 0. The molecule has 0 bridgehead atoms. The van der Waals surface area contributed by atoms with Gasteiger partial charge in [0.2, 0.25) is 0 Å². The number of aromatic nitrogens is 1. The number of hydrogen-bond acceptors (Lipinski definition) is 2. The van der Waals surface area contributed by atoms with Crippen molar-refractivity contribution in [3.05, 3.63) is 234 Å². The second-order valence-corrected chi connectivity index (χ2v) is 16.9. The molecule has 4 nitrogen and oxygen atoms in total. The highest BCUT2D eigenvalue weighted by molar-refractivity contribution is 6.20. The van der Waals surface area contributed by atoms with Gasteiger partial charge < -0.3 is 10.3 Å². The third kappa shape index (κ3) is 5.75. The van der Waals surface area contributed by atoms with Gasteiger partial charge in [0.05, 0.1) is 17.2 Å². The predicted octanol–water partition coefficient (Wildman–Crippen LogP) is 15.0. The minimum Gasteiger partial charge on any atom is -0.438 e. The first-order valence-corrected chi connectivity index (χ1v) is 21.4. The molecule has 1 atom stereocenters. The van der Waals surface area contributed by atoms with Crippen molar-refractivity contribution in [3.63, 3.8) is 0 Å². The first kappa shape index (κ1) is 36.1. The van der Waals surface area contributed by atoms with Gasteiger partial charge in [-0.1, -0.05) is 196 Å². The lowest BCUT2D eigenvalue weighted by Gasteiger charge is -2.33. The molecular weight excluding hydrogens is 753 g/mol. The smallest absolute Gasteiger partial charge is 0.123 e. The highest BCUT2D eigenvalue weighted by Crippen LogP contribution is 2.52. The maximum atomic E-state index is 5.27. The van der Waals surface area contributed by atoms with Crippen molar-refractivity contribution in [3.8, 4) is 44.5 Å². The molecule has 0 spiro atoms. The van der Waals surface area contributed by atoms with Crippen LogP contribution in [0.25, 0.3) is 82.4 Å². The lowest BCUT2D eigenvalue weighted by Crippen LogP contribution is -2.20. The van der Waals surface area contributed by atoms with E-state index in [1.54, 1.807) is 0 Å². The molecule has 0 N–H and O–H groups in total. The number of rotatable bonds is 5. The van der Waals surface area contributed by atoms with Crippen LogP contribution in [-0.2, 0) is 5.41 Å². The molecule has 1 aliphatic heterocycles. The fourth-order valence-electron chi connectivity index (χ4n) is 10.0. The van der Waals surface area contributed by atoms with Gasteiger partial charge in [-0.25, -0.2) is 0 Å². The monoisotopic (exact) mass is 793 g/mol. The third-order valence-electron chi connectivity index (χ3n) is 13.0. The molecule has 1 aliphatic carbocycles. The number of para-hydroxylation sites is 2. The van der Waals surface area contributed by atoms with E-state index in [2.05, 4.69) is 206 Å². The van der Waals surface area contributed by atoms with Gasteiger partial charge in [-0.3, -0.25) is 9.56 Å². The molecule has 10 aromatic rings. The number of benzene rings is 9. The number of nitrogens with zero attached hydrogens (tertiary/aromatic N) is 4. The zero-order valence-corrected chi connectivity index (χ0v) is 34.5. The van der Waals surface area contributed by atoms with Crippen molar-refractivity contribution in [1.82, 2.24) is 4.57 Å². The molecule has 9 aromatic carbocycles. The van der Waals surface area contributed by atoms with Crippen LogP contribution in [0, 0.1) is 0 Å². The highest BCUT2D eigenvalue weighted by Gasteiger charge is 2.37. The van der Waals surface area contributed by atoms with Crippen LogP contribution in [0.5, 0.6) is 0 Å². The van der Waals surface area contributed by atoms with E-state index in [1.807, 2.05) is 18.2 Å². The SMILES string of the molecule is CC1(C)c2ccccc2-c2cccc(-c3ccc(-c4cc(-c5cccc(C6=NC(n7c8ccccc8c8ccccc87)=NC(c7ccccc7)[N-]6)c5)c5ccccc5c4)cc3)c21. The highest BCUT2D eigenvalue weighted by atomic mass is 15.3. The summed E-state index contributed by atoms with van der Waals surface area (Å²) in [6.45, 7) is 4.71. The molecule has 2 aliphatic rings. The first-order valence-electron chi connectivity index (χ1n) is 21.4. The number of fused-ring (bicyclic) bond motifs is 7. The quantitative estimate of drug-likeness (QED) is 0.167. The van der Waals surface area contributed by atoms with Gasteiger partial charge in [-0.05, 0) is 108 Å². The summed E-state index contributed by atoms with van der Waals surface area (Å²) in [6, 6.07) is 74.1. The van der Waals surface area contributed by atoms with Crippen molar-refractivity contribution in [2.24, 2.45) is 9.98 Å². The average molecular weight is 794 g/mol. The molecule has 1 aromatic heterocycles. The lowest BCUT2D eigenvalue weighted by molar-refractivity contribution is 0.662. The van der Waals surface area contributed by atoms with Crippen molar-refractivity contribution >= 4 is 44.4 Å². The van der Waals surface area contributed by atoms with Crippen LogP contribution in [0.15, 0.2) is 216 Å². The Balaban J connectivity index is 0.948. The Morgan fingerprint density at radius 1 is 0.452 bits per heavy atom. The molecule has 0 saturated heterocycles. The Kier molecular flexibility index (Phi) is 8.23. The molecular formula is C58H41N4-. The number of amidine groups is 1. The minimum atomic E-state index is -0.451. The van der Waals surface area contributed by atoms with Crippen LogP contribution in [0.4, 0.5) is 0 Å². The maximum Gasteiger partial charge on any atom is 0.123 e. The molecule has 0 radical (unpaired) electrons. The van der Waals surface area contributed by atoms with Gasteiger partial charge in [-0.15, -0.1) is 0 Å². The Hall–Kier alpha value is -7.82. The van der Waals surface area contributed by atoms with Gasteiger partial charge in [0.25, 0.3) is 0 Å². The molecule has 294 valence electrons. The Labute approximate surface area is 361 Å². The Bertz CT molecular complexity index is 3410. The van der Waals surface area contributed by atoms with Gasteiger partial charge in [-0.2, -0.15) is 0 Å². The van der Waals surface area contributed by atoms with Crippen molar-refractivity contribution in [1.29, 1.82) is 0 Å². The van der Waals surface area contributed by atoms with Crippen LogP contribution in [0.1, 0.15) is 42.3 Å². The van der Waals surface area contributed by atoms with Gasteiger partial charge >= 0.3 is 0 Å². The molecule has 0 saturated carbocycles. The van der Waals surface area contributed by atoms with E-state index < -0.39 is 6.17 Å². The largest absolute Gasteiger partial charge is 0.438 e. The summed E-state index contributed by atoms with van der Waals surface area (Å²) in [6.07, 6.45) is -0.451. The molecule has 1 unspecified atom stereocenters. The van der Waals surface area contributed by atoms with E-state index in [4.69, 9.17) is 15.3 Å². The van der Waals surface area contributed by atoms with Crippen LogP contribution in [0.3, 0.4) is 0 Å². The van der Waals surface area contributed by atoms with E-state index in [0.717, 1.165) is 33.3 Å².